The summed E-state index contributed by atoms with van der Waals surface area (Å²) in [5.41, 5.74) is 1.09. The Morgan fingerprint density at radius 3 is 2.16 bits per heavy atom. The Balaban J connectivity index is 0.000000224. The zero-order chi connectivity index (χ0) is 23.2. The number of benzene rings is 1. The highest BCUT2D eigenvalue weighted by atomic mass is 32.2. The highest BCUT2D eigenvalue weighted by Gasteiger charge is 2.45. The minimum Gasteiger partial charge on any atom is -0.491 e. The van der Waals surface area contributed by atoms with Crippen molar-refractivity contribution >= 4 is 17.5 Å². The molecule has 176 valence electrons. The van der Waals surface area contributed by atoms with Crippen molar-refractivity contribution in [3.05, 3.63) is 35.4 Å². The molecule has 2 heterocycles. The van der Waals surface area contributed by atoms with E-state index in [0.29, 0.717) is 5.56 Å². The molecule has 0 aromatic heterocycles. The number of ether oxygens (including phenoxy) is 1. The van der Waals surface area contributed by atoms with Crippen LogP contribution in [0.15, 0.2) is 18.2 Å². The molecule has 4 rings (SSSR count). The first-order valence-electron chi connectivity index (χ1n) is 11.2. The van der Waals surface area contributed by atoms with Gasteiger partial charge in [-0.25, -0.2) is 13.1 Å². The van der Waals surface area contributed by atoms with Crippen LogP contribution in [0.25, 0.3) is 5.57 Å². The summed E-state index contributed by atoms with van der Waals surface area (Å²) in [7, 11) is 1.26. The van der Waals surface area contributed by atoms with Gasteiger partial charge in [-0.15, -0.1) is 0 Å². The lowest BCUT2D eigenvalue weighted by Crippen LogP contribution is -2.38. The fourth-order valence-electron chi connectivity index (χ4n) is 4.19. The van der Waals surface area contributed by atoms with Crippen molar-refractivity contribution in [2.45, 2.75) is 46.1 Å². The van der Waals surface area contributed by atoms with Gasteiger partial charge in [0.05, 0.1) is 12.7 Å². The van der Waals surface area contributed by atoms with E-state index in [0.717, 1.165) is 43.5 Å². The molecule has 4 nitrogen and oxygen atoms in total. The van der Waals surface area contributed by atoms with Crippen molar-refractivity contribution in [1.29, 1.82) is 0 Å². The number of piperidine rings is 1. The largest absolute Gasteiger partial charge is 0.491 e. The first-order valence-corrected chi connectivity index (χ1v) is 12.3. The fourth-order valence-corrected chi connectivity index (χ4v) is 4.69. The molecule has 0 radical (unpaired) electrons. The molecule has 0 amide bonds. The number of nitrogens with zero attached hydrogens (tertiary/aromatic N) is 2. The number of methoxy groups -OCH3 is 1. The molecule has 0 bridgehead atoms. The third kappa shape index (κ3) is 7.74. The van der Waals surface area contributed by atoms with Crippen LogP contribution in [-0.2, 0) is 0 Å². The van der Waals surface area contributed by atoms with Gasteiger partial charge in [0.25, 0.3) is 0 Å². The van der Waals surface area contributed by atoms with E-state index in [1.807, 2.05) is 40.0 Å². The van der Waals surface area contributed by atoms with E-state index in [-0.39, 0.29) is 5.75 Å². The Morgan fingerprint density at radius 1 is 1.16 bits per heavy atom. The number of β-amino-alcohol motifs (C(OH)–C–C–N with tert-alkyl or cyclic N) is 1. The lowest BCUT2D eigenvalue weighted by molar-refractivity contribution is 0.0404. The molecule has 0 spiro atoms. The molecule has 1 aromatic carbocycles. The SMILES string of the molecule is CC.CC(C)(O)CN1CC2CC2C1.COc1c(F)cc(C2=CCN(SC)CC2)cc1F. The average molecular weight is 457 g/mol. The zero-order valence-corrected chi connectivity index (χ0v) is 20.6. The summed E-state index contributed by atoms with van der Waals surface area (Å²) < 4.78 is 34.1. The van der Waals surface area contributed by atoms with Crippen LogP contribution in [0.3, 0.4) is 0 Å². The van der Waals surface area contributed by atoms with Crippen LogP contribution in [0.2, 0.25) is 0 Å². The molecule has 2 atom stereocenters. The molecule has 2 unspecified atom stereocenters. The van der Waals surface area contributed by atoms with Gasteiger partial charge in [0.1, 0.15) is 0 Å². The van der Waals surface area contributed by atoms with Crippen LogP contribution >= 0.6 is 11.9 Å². The summed E-state index contributed by atoms with van der Waals surface area (Å²) in [6.45, 7) is 12.8. The molecule has 1 saturated heterocycles. The van der Waals surface area contributed by atoms with Gasteiger partial charge >= 0.3 is 0 Å². The van der Waals surface area contributed by atoms with E-state index >= 15 is 0 Å². The molecule has 1 aromatic rings. The first kappa shape index (κ1) is 26.1. The number of hydrogen-bond acceptors (Lipinski definition) is 5. The van der Waals surface area contributed by atoms with Crippen LogP contribution < -0.4 is 4.74 Å². The maximum absolute atomic E-state index is 13.6. The minimum atomic E-state index is -0.652. The molecule has 2 aliphatic heterocycles. The number of halogens is 2. The van der Waals surface area contributed by atoms with Crippen molar-refractivity contribution in [1.82, 2.24) is 9.21 Å². The van der Waals surface area contributed by atoms with E-state index in [9.17, 15) is 13.9 Å². The van der Waals surface area contributed by atoms with E-state index < -0.39 is 17.2 Å². The lowest BCUT2D eigenvalue weighted by atomic mass is 10.00. The van der Waals surface area contributed by atoms with Gasteiger partial charge in [-0.1, -0.05) is 31.9 Å². The molecular formula is C24H38F2N2O2S. The number of aliphatic hydroxyl groups is 1. The third-order valence-electron chi connectivity index (χ3n) is 5.67. The monoisotopic (exact) mass is 456 g/mol. The van der Waals surface area contributed by atoms with Crippen LogP contribution in [0.5, 0.6) is 5.75 Å². The molecule has 31 heavy (non-hydrogen) atoms. The van der Waals surface area contributed by atoms with Crippen molar-refractivity contribution < 1.29 is 18.6 Å². The number of hydrogen-bond donors (Lipinski definition) is 1. The van der Waals surface area contributed by atoms with Gasteiger partial charge in [-0.3, -0.25) is 4.90 Å². The lowest BCUT2D eigenvalue weighted by Gasteiger charge is -2.25. The van der Waals surface area contributed by atoms with Crippen molar-refractivity contribution in [2.24, 2.45) is 11.8 Å². The van der Waals surface area contributed by atoms with Gasteiger partial charge in [0.15, 0.2) is 17.4 Å². The Bertz CT molecular complexity index is 719. The van der Waals surface area contributed by atoms with E-state index in [2.05, 4.69) is 13.9 Å². The molecule has 7 heteroatoms. The van der Waals surface area contributed by atoms with Gasteiger partial charge in [0.2, 0.25) is 0 Å². The van der Waals surface area contributed by atoms with Crippen LogP contribution in [0.4, 0.5) is 8.78 Å². The molecule has 3 aliphatic rings. The maximum Gasteiger partial charge on any atom is 0.190 e. The van der Waals surface area contributed by atoms with Gasteiger partial charge in [0, 0.05) is 32.7 Å². The van der Waals surface area contributed by atoms with E-state index in [1.165, 1.54) is 38.8 Å². The van der Waals surface area contributed by atoms with E-state index in [1.54, 1.807) is 11.9 Å². The predicted octanol–water partition coefficient (Wildman–Crippen LogP) is 5.08. The molecule has 1 aliphatic carbocycles. The summed E-state index contributed by atoms with van der Waals surface area (Å²) in [4.78, 5) is 2.39. The molecular weight excluding hydrogens is 418 g/mol. The van der Waals surface area contributed by atoms with Gasteiger partial charge in [-0.2, -0.15) is 0 Å². The number of fused-ring (bicyclic) bond motifs is 1. The Kier molecular flexibility index (Phi) is 9.80. The van der Waals surface area contributed by atoms with Crippen LogP contribution in [-0.4, -0.2) is 66.0 Å². The Hall–Kier alpha value is -1.15. The second-order valence-electron chi connectivity index (χ2n) is 8.79. The topological polar surface area (TPSA) is 35.9 Å². The normalized spacial score (nSPS) is 23.1. The van der Waals surface area contributed by atoms with Crippen molar-refractivity contribution in [3.63, 3.8) is 0 Å². The fraction of sp³-hybridized carbons (Fsp3) is 0.667. The van der Waals surface area contributed by atoms with Gasteiger partial charge < -0.3 is 9.84 Å². The van der Waals surface area contributed by atoms with Crippen LogP contribution in [0, 0.1) is 23.5 Å². The number of likely N-dealkylation sites (tertiary alicyclic amines) is 1. The Labute approximate surface area is 190 Å². The summed E-state index contributed by atoms with van der Waals surface area (Å²) in [5, 5.41) is 9.54. The summed E-state index contributed by atoms with van der Waals surface area (Å²) in [6, 6.07) is 2.67. The highest BCUT2D eigenvalue weighted by Crippen LogP contribution is 2.45. The molecule has 1 saturated carbocycles. The second-order valence-corrected chi connectivity index (χ2v) is 9.67. The summed E-state index contributed by atoms with van der Waals surface area (Å²) in [5.74, 6) is 0.344. The molecule has 1 N–H and O–H groups in total. The summed E-state index contributed by atoms with van der Waals surface area (Å²) >= 11 is 1.68. The average Bonchev–Trinajstić information content (AvgIpc) is 3.34. The standard InChI is InChI=1S/C13H15F2NOS.C9H17NO.C2H6/c1-17-13-11(14)7-10(8-12(13)15)9-3-5-16(18-2)6-4-9;1-9(2,11)6-10-4-7-3-8(7)5-10;1-2/h3,7-8H,4-6H2,1-2H3;7-8,11H,3-6H2,1-2H3;1-2H3. The smallest absolute Gasteiger partial charge is 0.190 e. The minimum absolute atomic E-state index is 0.319. The quantitative estimate of drug-likeness (QED) is 0.626. The van der Waals surface area contributed by atoms with Crippen LogP contribution in [0.1, 0.15) is 46.1 Å². The summed E-state index contributed by atoms with van der Waals surface area (Å²) in [6.07, 6.45) is 6.28. The predicted molar refractivity (Wildman–Crippen MR) is 126 cm³/mol. The Morgan fingerprint density at radius 2 is 1.74 bits per heavy atom. The first-order chi connectivity index (χ1) is 14.7. The second kappa shape index (κ2) is 11.6. The third-order valence-corrected chi connectivity index (χ3v) is 6.52. The maximum atomic E-state index is 13.6. The van der Waals surface area contributed by atoms with Gasteiger partial charge in [-0.05, 0) is 68.0 Å². The molecule has 2 fully saturated rings. The highest BCUT2D eigenvalue weighted by molar-refractivity contribution is 7.96. The van der Waals surface area contributed by atoms with Crippen molar-refractivity contribution in [3.8, 4) is 5.75 Å². The van der Waals surface area contributed by atoms with Crippen molar-refractivity contribution in [2.75, 3.05) is 46.1 Å². The zero-order valence-electron chi connectivity index (χ0n) is 19.8. The van der Waals surface area contributed by atoms with E-state index in [4.69, 9.17) is 0 Å². The number of rotatable bonds is 5.